The van der Waals surface area contributed by atoms with Crippen LogP contribution in [0.1, 0.15) is 0 Å². The molecule has 6 aromatic carbocycles. The zero-order chi connectivity index (χ0) is 31.2. The first-order valence-electron chi connectivity index (χ1n) is 15.6. The lowest BCUT2D eigenvalue weighted by molar-refractivity contribution is 0.669. The molecule has 0 unspecified atom stereocenters. The lowest BCUT2D eigenvalue weighted by atomic mass is 10.00. The highest BCUT2D eigenvalue weighted by Crippen LogP contribution is 2.33. The van der Waals surface area contributed by atoms with Crippen LogP contribution in [0, 0.1) is 0 Å². The third-order valence-electron chi connectivity index (χ3n) is 8.54. The number of furan rings is 1. The van der Waals surface area contributed by atoms with Gasteiger partial charge in [0.2, 0.25) is 0 Å². The van der Waals surface area contributed by atoms with Crippen LogP contribution in [0.15, 0.2) is 162 Å². The molecule has 0 spiro atoms. The first-order chi connectivity index (χ1) is 23.2. The molecule has 0 saturated carbocycles. The van der Waals surface area contributed by atoms with Crippen LogP contribution in [0.4, 0.5) is 0 Å². The summed E-state index contributed by atoms with van der Waals surface area (Å²) in [4.78, 5) is 19.8. The molecule has 47 heavy (non-hydrogen) atoms. The van der Waals surface area contributed by atoms with Crippen molar-refractivity contribution in [2.24, 2.45) is 0 Å². The Morgan fingerprint density at radius 3 is 1.79 bits per heavy atom. The van der Waals surface area contributed by atoms with Gasteiger partial charge in [0.1, 0.15) is 16.9 Å². The molecule has 220 valence electrons. The lowest BCUT2D eigenvalue weighted by Crippen LogP contribution is -2.01. The minimum Gasteiger partial charge on any atom is -0.456 e. The van der Waals surface area contributed by atoms with Gasteiger partial charge in [-0.05, 0) is 64.4 Å². The Morgan fingerprint density at radius 2 is 0.936 bits per heavy atom. The average molecular weight is 603 g/mol. The predicted molar refractivity (Wildman–Crippen MR) is 190 cm³/mol. The van der Waals surface area contributed by atoms with Crippen LogP contribution in [0.2, 0.25) is 0 Å². The normalized spacial score (nSPS) is 11.4. The van der Waals surface area contributed by atoms with Gasteiger partial charge in [-0.2, -0.15) is 0 Å². The summed E-state index contributed by atoms with van der Waals surface area (Å²) in [7, 11) is 0. The van der Waals surface area contributed by atoms with Crippen LogP contribution in [0.25, 0.3) is 89.4 Å². The van der Waals surface area contributed by atoms with Crippen molar-refractivity contribution in [1.29, 1.82) is 0 Å². The van der Waals surface area contributed by atoms with Gasteiger partial charge in [0, 0.05) is 27.5 Å². The van der Waals surface area contributed by atoms with Crippen molar-refractivity contribution in [1.82, 2.24) is 19.9 Å². The third-order valence-corrected chi connectivity index (χ3v) is 8.54. The Morgan fingerprint density at radius 1 is 0.319 bits per heavy atom. The van der Waals surface area contributed by atoms with Crippen molar-refractivity contribution in [3.05, 3.63) is 158 Å². The molecule has 0 saturated heterocycles. The maximum Gasteiger partial charge on any atom is 0.182 e. The molecule has 0 atom stereocenters. The Bertz CT molecular complexity index is 2570. The van der Waals surface area contributed by atoms with E-state index >= 15 is 0 Å². The second-order valence-electron chi connectivity index (χ2n) is 11.5. The monoisotopic (exact) mass is 602 g/mol. The smallest absolute Gasteiger partial charge is 0.182 e. The quantitative estimate of drug-likeness (QED) is 0.196. The molecule has 3 heterocycles. The number of fused-ring (bicyclic) bond motifs is 4. The van der Waals surface area contributed by atoms with Crippen LogP contribution in [-0.4, -0.2) is 19.9 Å². The number of hydrogen-bond donors (Lipinski definition) is 0. The summed E-state index contributed by atoms with van der Waals surface area (Å²) >= 11 is 0. The summed E-state index contributed by atoms with van der Waals surface area (Å²) < 4.78 is 6.05. The number of hydrogen-bond acceptors (Lipinski definition) is 5. The molecule has 9 aromatic rings. The molecule has 0 N–H and O–H groups in total. The van der Waals surface area contributed by atoms with Crippen molar-refractivity contribution in [2.45, 2.75) is 0 Å². The van der Waals surface area contributed by atoms with E-state index in [1.165, 1.54) is 16.3 Å². The van der Waals surface area contributed by atoms with Crippen molar-refractivity contribution >= 4 is 32.7 Å². The first kappa shape index (κ1) is 26.9. The zero-order valence-corrected chi connectivity index (χ0v) is 25.2. The molecule has 0 radical (unpaired) electrons. The number of benzene rings is 6. The molecule has 0 aliphatic carbocycles. The summed E-state index contributed by atoms with van der Waals surface area (Å²) in [6.45, 7) is 0. The molecule has 0 fully saturated rings. The maximum absolute atomic E-state index is 6.05. The number of para-hydroxylation sites is 1. The van der Waals surface area contributed by atoms with E-state index in [1.54, 1.807) is 0 Å². The molecule has 0 bridgehead atoms. The maximum atomic E-state index is 6.05. The van der Waals surface area contributed by atoms with Crippen molar-refractivity contribution in [2.75, 3.05) is 0 Å². The molecule has 3 aromatic heterocycles. The van der Waals surface area contributed by atoms with Gasteiger partial charge in [0.25, 0.3) is 0 Å². The zero-order valence-electron chi connectivity index (χ0n) is 25.2. The van der Waals surface area contributed by atoms with E-state index in [-0.39, 0.29) is 0 Å². The van der Waals surface area contributed by atoms with Gasteiger partial charge in [0.15, 0.2) is 17.5 Å². The highest BCUT2D eigenvalue weighted by atomic mass is 16.3. The van der Waals surface area contributed by atoms with E-state index in [1.807, 2.05) is 78.9 Å². The van der Waals surface area contributed by atoms with E-state index in [0.29, 0.717) is 23.2 Å². The van der Waals surface area contributed by atoms with Crippen LogP contribution in [0.3, 0.4) is 0 Å². The Kier molecular flexibility index (Phi) is 6.39. The topological polar surface area (TPSA) is 64.7 Å². The highest BCUT2D eigenvalue weighted by molar-refractivity contribution is 6.06. The van der Waals surface area contributed by atoms with Crippen LogP contribution in [-0.2, 0) is 0 Å². The van der Waals surface area contributed by atoms with Crippen molar-refractivity contribution in [3.63, 3.8) is 0 Å². The summed E-state index contributed by atoms with van der Waals surface area (Å²) in [6.07, 6.45) is 0. The van der Waals surface area contributed by atoms with Crippen LogP contribution in [0.5, 0.6) is 0 Å². The lowest BCUT2D eigenvalue weighted by Gasteiger charge is -2.10. The number of aromatic nitrogens is 4. The summed E-state index contributed by atoms with van der Waals surface area (Å²) in [5.41, 5.74) is 8.35. The second-order valence-corrected chi connectivity index (χ2v) is 11.5. The Hall–Kier alpha value is -6.46. The van der Waals surface area contributed by atoms with Gasteiger partial charge >= 0.3 is 0 Å². The van der Waals surface area contributed by atoms with Crippen LogP contribution < -0.4 is 0 Å². The SMILES string of the molecule is c1ccc(-c2nc(-c3ccc(-c4ccc5ccccc5c4)cc3)nc(-c3cccc(-c4ccc5oc6ccccc6c5c4)n3)n2)cc1. The van der Waals surface area contributed by atoms with Crippen molar-refractivity contribution < 1.29 is 4.42 Å². The molecule has 9 rings (SSSR count). The third kappa shape index (κ3) is 5.00. The van der Waals surface area contributed by atoms with Gasteiger partial charge < -0.3 is 4.42 Å². The Balaban J connectivity index is 1.12. The summed E-state index contributed by atoms with van der Waals surface area (Å²) in [5.74, 6) is 1.71. The number of nitrogens with zero attached hydrogens (tertiary/aromatic N) is 4. The van der Waals surface area contributed by atoms with E-state index in [0.717, 1.165) is 49.9 Å². The Labute approximate surface area is 270 Å². The minimum atomic E-state index is 0.518. The van der Waals surface area contributed by atoms with Gasteiger partial charge in [-0.1, -0.05) is 115 Å². The average Bonchev–Trinajstić information content (AvgIpc) is 3.53. The van der Waals surface area contributed by atoms with Gasteiger partial charge in [-0.3, -0.25) is 0 Å². The van der Waals surface area contributed by atoms with Gasteiger partial charge in [-0.25, -0.2) is 19.9 Å². The van der Waals surface area contributed by atoms with Gasteiger partial charge in [-0.15, -0.1) is 0 Å². The summed E-state index contributed by atoms with van der Waals surface area (Å²) in [6, 6.07) is 53.6. The van der Waals surface area contributed by atoms with E-state index < -0.39 is 0 Å². The molecule has 5 nitrogen and oxygen atoms in total. The first-order valence-corrected chi connectivity index (χ1v) is 15.6. The number of pyridine rings is 1. The van der Waals surface area contributed by atoms with E-state index in [4.69, 9.17) is 24.4 Å². The fraction of sp³-hybridized carbons (Fsp3) is 0. The molecule has 0 amide bonds. The highest BCUT2D eigenvalue weighted by Gasteiger charge is 2.15. The minimum absolute atomic E-state index is 0.518. The molecular formula is C42H26N4O. The van der Waals surface area contributed by atoms with Gasteiger partial charge in [0.05, 0.1) is 5.69 Å². The molecule has 0 aliphatic rings. The van der Waals surface area contributed by atoms with Crippen molar-refractivity contribution in [3.8, 4) is 56.7 Å². The molecule has 0 aliphatic heterocycles. The largest absolute Gasteiger partial charge is 0.456 e. The van der Waals surface area contributed by atoms with E-state index in [9.17, 15) is 0 Å². The fourth-order valence-electron chi connectivity index (χ4n) is 6.12. The summed E-state index contributed by atoms with van der Waals surface area (Å²) in [5, 5.41) is 4.59. The standard InChI is InChI=1S/C42H26N4O/c1-2-10-29(11-3-1)40-44-41(30-20-17-28(18-21-30)32-22-19-27-9-4-5-12-31(27)25-32)46-42(45-40)37-15-8-14-36(43-37)33-23-24-39-35(26-33)34-13-6-7-16-38(34)47-39/h1-26H. The molecular weight excluding hydrogens is 576 g/mol. The second kappa shape index (κ2) is 11.2. The van der Waals surface area contributed by atoms with Crippen LogP contribution >= 0.6 is 0 Å². The fourth-order valence-corrected chi connectivity index (χ4v) is 6.12. The predicted octanol–water partition coefficient (Wildman–Crippen LogP) is 10.7. The van der Waals surface area contributed by atoms with E-state index in [2.05, 4.69) is 78.9 Å². The molecule has 5 heteroatoms. The number of rotatable bonds is 5.